The van der Waals surface area contributed by atoms with E-state index in [1.807, 2.05) is 6.92 Å². The summed E-state index contributed by atoms with van der Waals surface area (Å²) < 4.78 is 5.42. The summed E-state index contributed by atoms with van der Waals surface area (Å²) in [6.07, 6.45) is 6.38. The predicted molar refractivity (Wildman–Crippen MR) is 75.0 cm³/mol. The van der Waals surface area contributed by atoms with Gasteiger partial charge >= 0.3 is 5.97 Å². The zero-order valence-corrected chi connectivity index (χ0v) is 12.3. The van der Waals surface area contributed by atoms with E-state index < -0.39 is 0 Å². The van der Waals surface area contributed by atoms with Crippen molar-refractivity contribution >= 4 is 11.8 Å². The number of Topliss-reactive ketones (excluding diaryl/α,β-unsaturated/α-hetero) is 1. The summed E-state index contributed by atoms with van der Waals surface area (Å²) in [7, 11) is 0. The first-order valence-corrected chi connectivity index (χ1v) is 7.53. The van der Waals surface area contributed by atoms with E-state index in [0.29, 0.717) is 12.8 Å². The quantitative estimate of drug-likeness (QED) is 0.477. The van der Waals surface area contributed by atoms with E-state index in [2.05, 4.69) is 4.90 Å². The van der Waals surface area contributed by atoms with Gasteiger partial charge in [-0.1, -0.05) is 13.3 Å². The van der Waals surface area contributed by atoms with Crippen LogP contribution in [-0.4, -0.2) is 42.4 Å². The van der Waals surface area contributed by atoms with Crippen LogP contribution < -0.4 is 0 Å². The van der Waals surface area contributed by atoms with Gasteiger partial charge < -0.3 is 9.53 Å². The number of ketones is 1. The second kappa shape index (κ2) is 9.08. The van der Waals surface area contributed by atoms with Crippen molar-refractivity contribution in [3.8, 4) is 0 Å². The monoisotopic (exact) mass is 269 g/mol. The molecule has 0 radical (unpaired) electrons. The highest BCUT2D eigenvalue weighted by Gasteiger charge is 2.24. The minimum atomic E-state index is -0.0594. The molecule has 1 fully saturated rings. The van der Waals surface area contributed by atoms with Crippen molar-refractivity contribution in [3.05, 3.63) is 0 Å². The molecule has 110 valence electrons. The molecule has 1 aliphatic rings. The summed E-state index contributed by atoms with van der Waals surface area (Å²) >= 11 is 0. The van der Waals surface area contributed by atoms with Crippen molar-refractivity contribution in [1.82, 2.24) is 4.90 Å². The lowest BCUT2D eigenvalue weighted by Gasteiger charge is -2.16. The van der Waals surface area contributed by atoms with Crippen LogP contribution in [0.4, 0.5) is 0 Å². The zero-order valence-electron chi connectivity index (χ0n) is 12.3. The molecule has 0 aromatic carbocycles. The second-order valence-electron chi connectivity index (χ2n) is 5.46. The molecule has 0 bridgehead atoms. The summed E-state index contributed by atoms with van der Waals surface area (Å²) in [5, 5.41) is 0. The van der Waals surface area contributed by atoms with Crippen LogP contribution in [0.5, 0.6) is 0 Å². The number of likely N-dealkylation sites (tertiary alicyclic amines) is 1. The highest BCUT2D eigenvalue weighted by Crippen LogP contribution is 2.15. The van der Waals surface area contributed by atoms with Gasteiger partial charge in [0.1, 0.15) is 11.9 Å². The van der Waals surface area contributed by atoms with Crippen molar-refractivity contribution in [2.75, 3.05) is 19.6 Å². The maximum absolute atomic E-state index is 11.4. The van der Waals surface area contributed by atoms with Crippen LogP contribution in [-0.2, 0) is 14.3 Å². The van der Waals surface area contributed by atoms with Crippen molar-refractivity contribution < 1.29 is 14.3 Å². The Morgan fingerprint density at radius 1 is 1.21 bits per heavy atom. The molecule has 0 aromatic rings. The van der Waals surface area contributed by atoms with Crippen molar-refractivity contribution in [2.24, 2.45) is 0 Å². The van der Waals surface area contributed by atoms with Gasteiger partial charge in [-0.3, -0.25) is 9.69 Å². The lowest BCUT2D eigenvalue weighted by Crippen LogP contribution is -2.25. The Labute approximate surface area is 116 Å². The minimum absolute atomic E-state index is 0.0594. The van der Waals surface area contributed by atoms with Gasteiger partial charge in [-0.15, -0.1) is 0 Å². The smallest absolute Gasteiger partial charge is 0.306 e. The first-order chi connectivity index (χ1) is 9.11. The minimum Gasteiger partial charge on any atom is -0.461 e. The molecule has 0 amide bonds. The number of rotatable bonds is 9. The Bertz CT molecular complexity index is 291. The Hall–Kier alpha value is -0.900. The molecule has 0 spiro atoms. The molecule has 4 nitrogen and oxygen atoms in total. The molecule has 0 aromatic heterocycles. The van der Waals surface area contributed by atoms with E-state index in [-0.39, 0.29) is 17.9 Å². The largest absolute Gasteiger partial charge is 0.461 e. The number of esters is 1. The van der Waals surface area contributed by atoms with Gasteiger partial charge in [-0.25, -0.2) is 0 Å². The van der Waals surface area contributed by atoms with E-state index in [9.17, 15) is 9.59 Å². The number of unbranched alkanes of at least 4 members (excludes halogenated alkanes) is 2. The molecule has 4 heteroatoms. The molecule has 1 aliphatic heterocycles. The lowest BCUT2D eigenvalue weighted by atomic mass is 10.1. The fraction of sp³-hybridized carbons (Fsp3) is 0.867. The van der Waals surface area contributed by atoms with E-state index in [1.165, 1.54) is 0 Å². The Morgan fingerprint density at radius 2 is 2.00 bits per heavy atom. The number of ether oxygens (including phenoxy) is 1. The summed E-state index contributed by atoms with van der Waals surface area (Å²) in [6, 6.07) is 0. The van der Waals surface area contributed by atoms with Gasteiger partial charge in [0, 0.05) is 25.9 Å². The summed E-state index contributed by atoms with van der Waals surface area (Å²) in [5.41, 5.74) is 0. The van der Waals surface area contributed by atoms with E-state index in [0.717, 1.165) is 51.7 Å². The van der Waals surface area contributed by atoms with Crippen LogP contribution in [0.1, 0.15) is 58.8 Å². The van der Waals surface area contributed by atoms with Gasteiger partial charge in [0.15, 0.2) is 0 Å². The molecule has 1 heterocycles. The van der Waals surface area contributed by atoms with Gasteiger partial charge in [0.2, 0.25) is 0 Å². The van der Waals surface area contributed by atoms with E-state index >= 15 is 0 Å². The third-order valence-electron chi connectivity index (χ3n) is 3.48. The molecular weight excluding hydrogens is 242 g/mol. The maximum Gasteiger partial charge on any atom is 0.306 e. The van der Waals surface area contributed by atoms with E-state index in [4.69, 9.17) is 4.74 Å². The second-order valence-corrected chi connectivity index (χ2v) is 5.46. The van der Waals surface area contributed by atoms with Crippen LogP contribution in [0.3, 0.4) is 0 Å². The number of hydrogen-bond acceptors (Lipinski definition) is 4. The molecular formula is C15H27NO3. The van der Waals surface area contributed by atoms with Gasteiger partial charge in [-0.05, 0) is 39.2 Å². The van der Waals surface area contributed by atoms with Crippen molar-refractivity contribution in [2.45, 2.75) is 64.9 Å². The Morgan fingerprint density at radius 3 is 2.68 bits per heavy atom. The number of carbonyl (C=O) groups excluding carboxylic acids is 2. The van der Waals surface area contributed by atoms with Crippen molar-refractivity contribution in [3.63, 3.8) is 0 Å². The number of hydrogen-bond donors (Lipinski definition) is 0. The first kappa shape index (κ1) is 16.2. The van der Waals surface area contributed by atoms with Gasteiger partial charge in [-0.2, -0.15) is 0 Å². The topological polar surface area (TPSA) is 46.6 Å². The van der Waals surface area contributed by atoms with Crippen molar-refractivity contribution in [1.29, 1.82) is 0 Å². The maximum atomic E-state index is 11.4. The molecule has 1 saturated heterocycles. The summed E-state index contributed by atoms with van der Waals surface area (Å²) in [5.74, 6) is 0.222. The summed E-state index contributed by atoms with van der Waals surface area (Å²) in [6.45, 7) is 6.59. The van der Waals surface area contributed by atoms with Gasteiger partial charge in [0.05, 0.1) is 0 Å². The normalized spacial score (nSPS) is 19.6. The standard InChI is InChI=1S/C15H27NO3/c1-3-7-15(18)19-14-9-11-16(12-14)10-6-4-5-8-13(2)17/h14H,3-12H2,1-2H3. The number of nitrogens with zero attached hydrogens (tertiary/aromatic N) is 1. The molecule has 0 aliphatic carbocycles. The molecule has 19 heavy (non-hydrogen) atoms. The lowest BCUT2D eigenvalue weighted by molar-refractivity contribution is -0.148. The van der Waals surface area contributed by atoms with Crippen LogP contribution >= 0.6 is 0 Å². The predicted octanol–water partition coefficient (Wildman–Crippen LogP) is 2.55. The highest BCUT2D eigenvalue weighted by atomic mass is 16.5. The molecule has 1 unspecified atom stereocenters. The molecule has 0 saturated carbocycles. The SMILES string of the molecule is CCCC(=O)OC1CCN(CCCCCC(C)=O)C1. The van der Waals surface area contributed by atoms with Crippen LogP contribution in [0, 0.1) is 0 Å². The third-order valence-corrected chi connectivity index (χ3v) is 3.48. The molecule has 1 rings (SSSR count). The van der Waals surface area contributed by atoms with Gasteiger partial charge in [0.25, 0.3) is 0 Å². The Kier molecular flexibility index (Phi) is 7.72. The van der Waals surface area contributed by atoms with Crippen LogP contribution in [0.25, 0.3) is 0 Å². The molecule has 0 N–H and O–H groups in total. The van der Waals surface area contributed by atoms with Crippen LogP contribution in [0.2, 0.25) is 0 Å². The first-order valence-electron chi connectivity index (χ1n) is 7.53. The fourth-order valence-corrected chi connectivity index (χ4v) is 2.43. The van der Waals surface area contributed by atoms with E-state index in [1.54, 1.807) is 6.92 Å². The average molecular weight is 269 g/mol. The Balaban J connectivity index is 2.05. The number of carbonyl (C=O) groups is 2. The fourth-order valence-electron chi connectivity index (χ4n) is 2.43. The summed E-state index contributed by atoms with van der Waals surface area (Å²) in [4.78, 5) is 24.6. The highest BCUT2D eigenvalue weighted by molar-refractivity contribution is 5.75. The third kappa shape index (κ3) is 7.31. The average Bonchev–Trinajstić information content (AvgIpc) is 2.76. The zero-order chi connectivity index (χ0) is 14.1. The van der Waals surface area contributed by atoms with Crippen LogP contribution in [0.15, 0.2) is 0 Å². The molecule has 1 atom stereocenters.